The summed E-state index contributed by atoms with van der Waals surface area (Å²) in [6.45, 7) is 5.18. The Balaban J connectivity index is 1.94. The minimum Gasteiger partial charge on any atom is -0.491 e. The lowest BCUT2D eigenvalue weighted by atomic mass is 10.1. The molecule has 3 nitrogen and oxygen atoms in total. The van der Waals surface area contributed by atoms with Gasteiger partial charge in [0, 0.05) is 19.1 Å². The Labute approximate surface area is 109 Å². The molecule has 0 aliphatic carbocycles. The first kappa shape index (κ1) is 11.7. The number of hydrogen-bond donors (Lipinski definition) is 1. The van der Waals surface area contributed by atoms with Crippen LogP contribution < -0.4 is 15.0 Å². The first-order valence-corrected chi connectivity index (χ1v) is 7.16. The molecule has 0 aromatic heterocycles. The normalized spacial score (nSPS) is 21.8. The number of nitrogens with one attached hydrogen (secondary N) is 1. The van der Waals surface area contributed by atoms with Gasteiger partial charge in [-0.15, -0.1) is 0 Å². The van der Waals surface area contributed by atoms with Crippen molar-refractivity contribution in [2.24, 2.45) is 0 Å². The van der Waals surface area contributed by atoms with Crippen molar-refractivity contribution in [3.63, 3.8) is 0 Å². The molecule has 1 aromatic rings. The van der Waals surface area contributed by atoms with Gasteiger partial charge in [-0.05, 0) is 37.8 Å². The standard InChI is InChI=1S/C15H22N2O/c1-2-11-18-14-7-3-6-13-15(14)16-9-8-12-5-4-10-17(12)13/h3,6-7,12,16H,2,4-5,8-11H2,1H3. The van der Waals surface area contributed by atoms with E-state index in [1.165, 1.54) is 37.2 Å². The molecule has 2 aliphatic rings. The lowest BCUT2D eigenvalue weighted by molar-refractivity contribution is 0.319. The topological polar surface area (TPSA) is 24.5 Å². The molecule has 0 spiro atoms. The van der Waals surface area contributed by atoms with Crippen LogP contribution in [0.2, 0.25) is 0 Å². The summed E-state index contributed by atoms with van der Waals surface area (Å²) in [4.78, 5) is 2.56. The Morgan fingerprint density at radius 3 is 3.22 bits per heavy atom. The summed E-state index contributed by atoms with van der Waals surface area (Å²) in [6, 6.07) is 7.15. The lowest BCUT2D eigenvalue weighted by Crippen LogP contribution is -2.28. The van der Waals surface area contributed by atoms with E-state index in [9.17, 15) is 0 Å². The highest BCUT2D eigenvalue weighted by Gasteiger charge is 2.29. The van der Waals surface area contributed by atoms with Gasteiger partial charge in [0.2, 0.25) is 0 Å². The van der Waals surface area contributed by atoms with Gasteiger partial charge in [-0.2, -0.15) is 0 Å². The number of ether oxygens (including phenoxy) is 1. The van der Waals surface area contributed by atoms with Crippen molar-refractivity contribution in [1.82, 2.24) is 0 Å². The SMILES string of the molecule is CCCOc1cccc2c1NCCC1CCCN21. The fourth-order valence-corrected chi connectivity index (χ4v) is 3.09. The molecule has 0 radical (unpaired) electrons. The Bertz CT molecular complexity index is 419. The van der Waals surface area contributed by atoms with Gasteiger partial charge in [-0.1, -0.05) is 13.0 Å². The molecule has 1 saturated heterocycles. The van der Waals surface area contributed by atoms with Gasteiger partial charge in [0.05, 0.1) is 12.3 Å². The number of para-hydroxylation sites is 1. The van der Waals surface area contributed by atoms with Crippen LogP contribution in [0.4, 0.5) is 11.4 Å². The van der Waals surface area contributed by atoms with E-state index in [2.05, 4.69) is 35.3 Å². The maximum absolute atomic E-state index is 5.87. The lowest BCUT2D eigenvalue weighted by Gasteiger charge is -2.26. The van der Waals surface area contributed by atoms with Crippen molar-refractivity contribution >= 4 is 11.4 Å². The van der Waals surface area contributed by atoms with E-state index in [0.717, 1.165) is 31.4 Å². The van der Waals surface area contributed by atoms with Crippen LogP contribution >= 0.6 is 0 Å². The summed E-state index contributed by atoms with van der Waals surface area (Å²) in [6.07, 6.45) is 4.95. The predicted octanol–water partition coefficient (Wildman–Crippen LogP) is 3.26. The van der Waals surface area contributed by atoms with Crippen molar-refractivity contribution in [1.29, 1.82) is 0 Å². The van der Waals surface area contributed by atoms with E-state index >= 15 is 0 Å². The minimum absolute atomic E-state index is 0.722. The van der Waals surface area contributed by atoms with Crippen LogP contribution in [-0.4, -0.2) is 25.7 Å². The van der Waals surface area contributed by atoms with Crippen molar-refractivity contribution in [2.75, 3.05) is 29.9 Å². The van der Waals surface area contributed by atoms with E-state index in [0.29, 0.717) is 0 Å². The van der Waals surface area contributed by atoms with Crippen molar-refractivity contribution in [3.05, 3.63) is 18.2 Å². The largest absolute Gasteiger partial charge is 0.491 e. The van der Waals surface area contributed by atoms with E-state index in [-0.39, 0.29) is 0 Å². The van der Waals surface area contributed by atoms with E-state index in [4.69, 9.17) is 4.74 Å². The Hall–Kier alpha value is -1.38. The molecular formula is C15H22N2O. The molecule has 1 fully saturated rings. The molecular weight excluding hydrogens is 224 g/mol. The highest BCUT2D eigenvalue weighted by atomic mass is 16.5. The van der Waals surface area contributed by atoms with Crippen LogP contribution in [0.5, 0.6) is 5.75 Å². The number of nitrogens with zero attached hydrogens (tertiary/aromatic N) is 1. The summed E-state index contributed by atoms with van der Waals surface area (Å²) in [5.74, 6) is 1.02. The second kappa shape index (κ2) is 5.09. The molecule has 2 aliphatic heterocycles. The maximum atomic E-state index is 5.87. The first-order chi connectivity index (χ1) is 8.90. The summed E-state index contributed by atoms with van der Waals surface area (Å²) in [5.41, 5.74) is 2.54. The van der Waals surface area contributed by atoms with Gasteiger partial charge in [0.1, 0.15) is 11.4 Å². The zero-order valence-electron chi connectivity index (χ0n) is 11.1. The third-order valence-corrected chi connectivity index (χ3v) is 3.93. The zero-order valence-corrected chi connectivity index (χ0v) is 11.1. The highest BCUT2D eigenvalue weighted by molar-refractivity contribution is 5.77. The molecule has 3 rings (SSSR count). The number of fused-ring (bicyclic) bond motifs is 3. The third-order valence-electron chi connectivity index (χ3n) is 3.93. The molecule has 3 heteroatoms. The molecule has 18 heavy (non-hydrogen) atoms. The summed E-state index contributed by atoms with van der Waals surface area (Å²) in [7, 11) is 0. The Kier molecular flexibility index (Phi) is 3.31. The maximum Gasteiger partial charge on any atom is 0.144 e. The number of rotatable bonds is 3. The van der Waals surface area contributed by atoms with E-state index < -0.39 is 0 Å². The second-order valence-electron chi connectivity index (χ2n) is 5.20. The number of hydrogen-bond acceptors (Lipinski definition) is 3. The molecule has 1 unspecified atom stereocenters. The van der Waals surface area contributed by atoms with Crippen LogP contribution in [0.15, 0.2) is 18.2 Å². The minimum atomic E-state index is 0.722. The molecule has 1 atom stereocenters. The monoisotopic (exact) mass is 246 g/mol. The molecule has 1 N–H and O–H groups in total. The molecule has 1 aromatic carbocycles. The van der Waals surface area contributed by atoms with Crippen molar-refractivity contribution < 1.29 is 4.74 Å². The molecule has 0 saturated carbocycles. The molecule has 2 heterocycles. The van der Waals surface area contributed by atoms with Crippen molar-refractivity contribution in [3.8, 4) is 5.75 Å². The fourth-order valence-electron chi connectivity index (χ4n) is 3.09. The van der Waals surface area contributed by atoms with Gasteiger partial charge in [-0.25, -0.2) is 0 Å². The van der Waals surface area contributed by atoms with E-state index in [1.807, 2.05) is 0 Å². The quantitative estimate of drug-likeness (QED) is 0.886. The smallest absolute Gasteiger partial charge is 0.144 e. The van der Waals surface area contributed by atoms with Gasteiger partial charge in [0.25, 0.3) is 0 Å². The van der Waals surface area contributed by atoms with Crippen LogP contribution in [0.3, 0.4) is 0 Å². The number of anilines is 2. The van der Waals surface area contributed by atoms with Crippen molar-refractivity contribution in [2.45, 2.75) is 38.6 Å². The average molecular weight is 246 g/mol. The first-order valence-electron chi connectivity index (χ1n) is 7.16. The summed E-state index contributed by atoms with van der Waals surface area (Å²) < 4.78 is 5.87. The fraction of sp³-hybridized carbons (Fsp3) is 0.600. The van der Waals surface area contributed by atoms with Gasteiger partial charge < -0.3 is 15.0 Å². The molecule has 0 amide bonds. The molecule has 0 bridgehead atoms. The summed E-state index contributed by atoms with van der Waals surface area (Å²) >= 11 is 0. The van der Waals surface area contributed by atoms with E-state index in [1.54, 1.807) is 0 Å². The van der Waals surface area contributed by atoms with Gasteiger partial charge in [-0.3, -0.25) is 0 Å². The predicted molar refractivity (Wildman–Crippen MR) is 75.7 cm³/mol. The molecule has 98 valence electrons. The Morgan fingerprint density at radius 2 is 2.33 bits per heavy atom. The van der Waals surface area contributed by atoms with Gasteiger partial charge in [0.15, 0.2) is 0 Å². The van der Waals surface area contributed by atoms with Crippen LogP contribution in [-0.2, 0) is 0 Å². The highest BCUT2D eigenvalue weighted by Crippen LogP contribution is 2.41. The van der Waals surface area contributed by atoms with Crippen LogP contribution in [0, 0.1) is 0 Å². The zero-order chi connectivity index (χ0) is 12.4. The van der Waals surface area contributed by atoms with Crippen LogP contribution in [0.1, 0.15) is 32.6 Å². The van der Waals surface area contributed by atoms with Crippen LogP contribution in [0.25, 0.3) is 0 Å². The second-order valence-corrected chi connectivity index (χ2v) is 5.20. The average Bonchev–Trinajstić information content (AvgIpc) is 2.78. The van der Waals surface area contributed by atoms with Gasteiger partial charge >= 0.3 is 0 Å². The Morgan fingerprint density at radius 1 is 1.39 bits per heavy atom. The number of benzene rings is 1. The summed E-state index contributed by atoms with van der Waals surface area (Å²) in [5, 5.41) is 3.56. The third kappa shape index (κ3) is 2.02.